The Hall–Kier alpha value is -2.77. The van der Waals surface area contributed by atoms with Crippen LogP contribution in [0, 0.1) is 0 Å². The number of hydrogen-bond donors (Lipinski definition) is 1. The van der Waals surface area contributed by atoms with Gasteiger partial charge in [0.2, 0.25) is 5.95 Å². The molecule has 7 nitrogen and oxygen atoms in total. The molecule has 1 aliphatic carbocycles. The van der Waals surface area contributed by atoms with Crippen molar-refractivity contribution in [2.45, 2.75) is 44.6 Å². The third-order valence-electron chi connectivity index (χ3n) is 7.20. The molecule has 0 spiro atoms. The molecule has 1 aliphatic heterocycles. The molecule has 1 saturated carbocycles. The fourth-order valence-electron chi connectivity index (χ4n) is 5.30. The maximum absolute atomic E-state index is 6.10. The molecule has 35 heavy (non-hydrogen) atoms. The van der Waals surface area contributed by atoms with Gasteiger partial charge in [0.15, 0.2) is 11.5 Å². The van der Waals surface area contributed by atoms with Gasteiger partial charge < -0.3 is 19.7 Å². The Morgan fingerprint density at radius 2 is 1.60 bits per heavy atom. The van der Waals surface area contributed by atoms with Gasteiger partial charge in [-0.3, -0.25) is 4.90 Å². The molecule has 5 rings (SSSR count). The SMILES string of the molecule is COc1cc2nc(N3CCCN(C4CCCCC4)CC3)nc(Nc3ccc(Cl)cc3)c2cc1OC. The van der Waals surface area contributed by atoms with Crippen molar-refractivity contribution in [3.63, 3.8) is 0 Å². The summed E-state index contributed by atoms with van der Waals surface area (Å²) in [5.74, 6) is 2.78. The molecule has 1 aromatic heterocycles. The fraction of sp³-hybridized carbons (Fsp3) is 0.481. The molecule has 2 heterocycles. The van der Waals surface area contributed by atoms with Gasteiger partial charge in [0, 0.05) is 54.4 Å². The average Bonchev–Trinajstić information content (AvgIpc) is 3.16. The van der Waals surface area contributed by atoms with Gasteiger partial charge in [-0.15, -0.1) is 0 Å². The number of hydrogen-bond acceptors (Lipinski definition) is 7. The molecule has 0 radical (unpaired) electrons. The lowest BCUT2D eigenvalue weighted by Gasteiger charge is -2.33. The number of rotatable bonds is 6. The number of nitrogens with zero attached hydrogens (tertiary/aromatic N) is 4. The van der Waals surface area contributed by atoms with Gasteiger partial charge >= 0.3 is 0 Å². The van der Waals surface area contributed by atoms with Crippen LogP contribution >= 0.6 is 11.6 Å². The van der Waals surface area contributed by atoms with Crippen molar-refractivity contribution in [1.82, 2.24) is 14.9 Å². The smallest absolute Gasteiger partial charge is 0.227 e. The number of fused-ring (bicyclic) bond motifs is 1. The fourth-order valence-corrected chi connectivity index (χ4v) is 5.42. The van der Waals surface area contributed by atoms with Crippen LogP contribution in [0.1, 0.15) is 38.5 Å². The molecule has 0 unspecified atom stereocenters. The quantitative estimate of drug-likeness (QED) is 0.457. The Balaban J connectivity index is 1.48. The van der Waals surface area contributed by atoms with Crippen LogP contribution in [-0.4, -0.2) is 61.3 Å². The molecule has 0 bridgehead atoms. The van der Waals surface area contributed by atoms with Gasteiger partial charge in [0.1, 0.15) is 5.82 Å². The third-order valence-corrected chi connectivity index (χ3v) is 7.45. The summed E-state index contributed by atoms with van der Waals surface area (Å²) in [6, 6.07) is 12.2. The first-order valence-corrected chi connectivity index (χ1v) is 13.0. The van der Waals surface area contributed by atoms with Crippen molar-refractivity contribution in [3.8, 4) is 11.5 Å². The van der Waals surface area contributed by atoms with Gasteiger partial charge in [-0.25, -0.2) is 4.98 Å². The molecular formula is C27H34ClN5O2. The second-order valence-corrected chi connectivity index (χ2v) is 9.83. The number of nitrogens with one attached hydrogen (secondary N) is 1. The van der Waals surface area contributed by atoms with Gasteiger partial charge in [0.05, 0.1) is 19.7 Å². The van der Waals surface area contributed by atoms with Crippen LogP contribution in [0.3, 0.4) is 0 Å². The highest BCUT2D eigenvalue weighted by Gasteiger charge is 2.25. The maximum atomic E-state index is 6.10. The van der Waals surface area contributed by atoms with E-state index in [9.17, 15) is 0 Å². The molecule has 2 aromatic carbocycles. The second-order valence-electron chi connectivity index (χ2n) is 9.40. The molecule has 0 amide bonds. The van der Waals surface area contributed by atoms with Gasteiger partial charge in [-0.1, -0.05) is 30.9 Å². The lowest BCUT2D eigenvalue weighted by molar-refractivity contribution is 0.166. The summed E-state index contributed by atoms with van der Waals surface area (Å²) in [6.07, 6.45) is 7.91. The minimum Gasteiger partial charge on any atom is -0.493 e. The van der Waals surface area contributed by atoms with Crippen LogP contribution in [0.5, 0.6) is 11.5 Å². The van der Waals surface area contributed by atoms with E-state index in [4.69, 9.17) is 31.0 Å². The van der Waals surface area contributed by atoms with Gasteiger partial charge in [-0.2, -0.15) is 4.98 Å². The second kappa shape index (κ2) is 10.9. The zero-order valence-corrected chi connectivity index (χ0v) is 21.4. The molecule has 186 valence electrons. The van der Waals surface area contributed by atoms with Crippen LogP contribution in [0.2, 0.25) is 5.02 Å². The summed E-state index contributed by atoms with van der Waals surface area (Å²) in [7, 11) is 3.29. The van der Waals surface area contributed by atoms with E-state index in [0.717, 1.165) is 67.0 Å². The summed E-state index contributed by atoms with van der Waals surface area (Å²) in [5.41, 5.74) is 1.73. The predicted octanol–water partition coefficient (Wildman–Crippen LogP) is 5.89. The number of halogens is 1. The topological polar surface area (TPSA) is 62.8 Å². The molecule has 3 aromatic rings. The van der Waals surface area contributed by atoms with Crippen LogP contribution in [0.4, 0.5) is 17.5 Å². The molecule has 1 N–H and O–H groups in total. The summed E-state index contributed by atoms with van der Waals surface area (Å²) in [5, 5.41) is 5.05. The van der Waals surface area contributed by atoms with E-state index >= 15 is 0 Å². The van der Waals surface area contributed by atoms with Gasteiger partial charge in [0.25, 0.3) is 0 Å². The van der Waals surface area contributed by atoms with Crippen molar-refractivity contribution in [2.75, 3.05) is 50.6 Å². The Morgan fingerprint density at radius 1 is 0.857 bits per heavy atom. The monoisotopic (exact) mass is 495 g/mol. The third kappa shape index (κ3) is 5.41. The summed E-state index contributed by atoms with van der Waals surface area (Å²) in [6.45, 7) is 4.08. The number of methoxy groups -OCH3 is 2. The summed E-state index contributed by atoms with van der Waals surface area (Å²) in [4.78, 5) is 15.0. The highest BCUT2D eigenvalue weighted by atomic mass is 35.5. The van der Waals surface area contributed by atoms with Crippen molar-refractivity contribution in [2.24, 2.45) is 0 Å². The Labute approximate surface area is 212 Å². The van der Waals surface area contributed by atoms with Crippen molar-refractivity contribution in [3.05, 3.63) is 41.4 Å². The first-order valence-electron chi connectivity index (χ1n) is 12.6. The number of anilines is 3. The molecule has 1 saturated heterocycles. The lowest BCUT2D eigenvalue weighted by Crippen LogP contribution is -2.39. The van der Waals surface area contributed by atoms with E-state index in [0.29, 0.717) is 16.5 Å². The first-order chi connectivity index (χ1) is 17.1. The van der Waals surface area contributed by atoms with E-state index in [2.05, 4.69) is 15.1 Å². The van der Waals surface area contributed by atoms with Crippen molar-refractivity contribution in [1.29, 1.82) is 0 Å². The maximum Gasteiger partial charge on any atom is 0.227 e. The highest BCUT2D eigenvalue weighted by Crippen LogP contribution is 2.36. The summed E-state index contributed by atoms with van der Waals surface area (Å²) < 4.78 is 11.1. The number of benzene rings is 2. The molecular weight excluding hydrogens is 462 g/mol. The molecule has 0 atom stereocenters. The average molecular weight is 496 g/mol. The Kier molecular flexibility index (Phi) is 7.44. The van der Waals surface area contributed by atoms with E-state index < -0.39 is 0 Å². The largest absolute Gasteiger partial charge is 0.493 e. The molecule has 8 heteroatoms. The predicted molar refractivity (Wildman–Crippen MR) is 143 cm³/mol. The van der Waals surface area contributed by atoms with Crippen LogP contribution in [0.15, 0.2) is 36.4 Å². The first kappa shape index (κ1) is 23.9. The van der Waals surface area contributed by atoms with E-state index in [1.807, 2.05) is 36.4 Å². The zero-order valence-electron chi connectivity index (χ0n) is 20.6. The minimum absolute atomic E-state index is 0.647. The standard InChI is InChI=1S/C27H34ClN5O2/c1-34-24-17-22-23(18-25(24)35-2)30-27(31-26(22)29-20-11-9-19(28)10-12-20)33-14-6-13-32(15-16-33)21-7-4-3-5-8-21/h9-12,17-18,21H,3-8,13-16H2,1-2H3,(H,29,30,31). The van der Waals surface area contributed by atoms with E-state index in [1.165, 1.54) is 32.1 Å². The molecule has 2 aliphatic rings. The van der Waals surface area contributed by atoms with E-state index in [1.54, 1.807) is 14.2 Å². The normalized spacial score (nSPS) is 17.9. The minimum atomic E-state index is 0.647. The van der Waals surface area contributed by atoms with Crippen molar-refractivity contribution >= 4 is 40.0 Å². The Morgan fingerprint density at radius 3 is 2.34 bits per heavy atom. The Bertz CT molecular complexity index is 1150. The summed E-state index contributed by atoms with van der Waals surface area (Å²) >= 11 is 6.10. The number of aromatic nitrogens is 2. The lowest BCUT2D eigenvalue weighted by atomic mass is 9.94. The van der Waals surface area contributed by atoms with Crippen molar-refractivity contribution < 1.29 is 9.47 Å². The highest BCUT2D eigenvalue weighted by molar-refractivity contribution is 6.30. The number of ether oxygens (including phenoxy) is 2. The van der Waals surface area contributed by atoms with Crippen LogP contribution < -0.4 is 19.7 Å². The van der Waals surface area contributed by atoms with Gasteiger partial charge in [-0.05, 0) is 49.6 Å². The van der Waals surface area contributed by atoms with Crippen LogP contribution in [-0.2, 0) is 0 Å². The van der Waals surface area contributed by atoms with Crippen LogP contribution in [0.25, 0.3) is 10.9 Å². The molecule has 2 fully saturated rings. The van der Waals surface area contributed by atoms with E-state index in [-0.39, 0.29) is 0 Å². The zero-order chi connectivity index (χ0) is 24.2.